The van der Waals surface area contributed by atoms with Crippen LogP contribution in [0.4, 0.5) is 5.82 Å². The van der Waals surface area contributed by atoms with Gasteiger partial charge in [0.25, 0.3) is 5.82 Å². The lowest BCUT2D eigenvalue weighted by Crippen LogP contribution is -2.42. The van der Waals surface area contributed by atoms with Crippen LogP contribution in [-0.4, -0.2) is 33.0 Å². The fraction of sp³-hybridized carbons (Fsp3) is 0.346. The predicted molar refractivity (Wildman–Crippen MR) is 127 cm³/mol. The number of H-pyrrole nitrogens is 1. The first kappa shape index (κ1) is 23.4. The van der Waals surface area contributed by atoms with Crippen LogP contribution in [0.3, 0.4) is 0 Å². The Bertz CT molecular complexity index is 1180. The average Bonchev–Trinajstić information content (AvgIpc) is 2.83. The molecule has 0 radical (unpaired) electrons. The molecule has 0 saturated carbocycles. The maximum atomic E-state index is 13.6. The lowest BCUT2D eigenvalue weighted by atomic mass is 9.70. The highest BCUT2D eigenvalue weighted by atomic mass is 16.5. The Morgan fingerprint density at radius 1 is 1.03 bits per heavy atom. The highest BCUT2D eigenvalue weighted by molar-refractivity contribution is 6.06. The summed E-state index contributed by atoms with van der Waals surface area (Å²) in [5, 5.41) is 6.26. The lowest BCUT2D eigenvalue weighted by Gasteiger charge is -2.38. The van der Waals surface area contributed by atoms with Crippen molar-refractivity contribution in [2.75, 3.05) is 26.6 Å². The van der Waals surface area contributed by atoms with Crippen LogP contribution in [0.2, 0.25) is 0 Å². The second-order valence-electron chi connectivity index (χ2n) is 8.47. The van der Waals surface area contributed by atoms with Gasteiger partial charge in [0, 0.05) is 41.4 Å². The number of amides is 1. The summed E-state index contributed by atoms with van der Waals surface area (Å²) in [5.74, 6) is 0.745. The van der Waals surface area contributed by atoms with E-state index in [1.54, 1.807) is 33.5 Å². The molecule has 1 aliphatic heterocycles. The zero-order valence-corrected chi connectivity index (χ0v) is 20.1. The van der Waals surface area contributed by atoms with Gasteiger partial charge in [-0.25, -0.2) is 15.1 Å². The molecule has 2 aliphatic rings. The molecule has 4 rings (SSSR count). The van der Waals surface area contributed by atoms with E-state index in [0.717, 1.165) is 11.3 Å². The first-order valence-corrected chi connectivity index (χ1v) is 11.2. The smallest absolute Gasteiger partial charge is 0.337 e. The summed E-state index contributed by atoms with van der Waals surface area (Å²) in [5.41, 5.74) is 3.70. The molecule has 0 fully saturated rings. The van der Waals surface area contributed by atoms with E-state index in [1.165, 1.54) is 0 Å². The largest absolute Gasteiger partial charge is 0.496 e. The number of hydrogen-bond donors (Lipinski definition) is 2. The Morgan fingerprint density at radius 3 is 2.38 bits per heavy atom. The second-order valence-corrected chi connectivity index (χ2v) is 8.47. The number of carbonyl (C=O) groups is 2. The van der Waals surface area contributed by atoms with E-state index in [0.29, 0.717) is 52.7 Å². The minimum Gasteiger partial charge on any atom is -0.496 e. The van der Waals surface area contributed by atoms with Gasteiger partial charge >= 0.3 is 5.91 Å². The monoisotopic (exact) mass is 464 g/mol. The van der Waals surface area contributed by atoms with Gasteiger partial charge in [-0.05, 0) is 38.0 Å². The number of ketones is 1. The quantitative estimate of drug-likeness (QED) is 0.681. The number of hydrogen-bond acceptors (Lipinski definition) is 6. The molecule has 2 heterocycles. The molecule has 1 amide bonds. The molecule has 0 saturated heterocycles. The van der Waals surface area contributed by atoms with E-state index >= 15 is 0 Å². The number of pyridine rings is 1. The SMILES string of the molecule is COc1cc(OC)c(C2C(C(=O)Nc3ccc(C)c[nH+]3)=C(C)NC3=CCCC(=O)C32)cc1OC. The number of nitrogens with one attached hydrogen (secondary N) is 3. The number of carbonyl (C=O) groups excluding carboxylic acids is 2. The average molecular weight is 465 g/mol. The maximum Gasteiger partial charge on any atom is 0.337 e. The molecule has 0 bridgehead atoms. The van der Waals surface area contributed by atoms with E-state index in [-0.39, 0.29) is 11.7 Å². The Labute approximate surface area is 199 Å². The number of allylic oxidation sites excluding steroid dienone is 3. The Kier molecular flexibility index (Phi) is 6.58. The van der Waals surface area contributed by atoms with Gasteiger partial charge < -0.3 is 19.5 Å². The van der Waals surface area contributed by atoms with Crippen LogP contribution in [0.5, 0.6) is 17.2 Å². The highest BCUT2D eigenvalue weighted by Gasteiger charge is 2.45. The first-order valence-electron chi connectivity index (χ1n) is 11.2. The van der Waals surface area contributed by atoms with Crippen molar-refractivity contribution in [3.8, 4) is 17.2 Å². The van der Waals surface area contributed by atoms with Crippen molar-refractivity contribution in [1.82, 2.24) is 5.32 Å². The normalized spacial score (nSPS) is 19.6. The fourth-order valence-corrected chi connectivity index (χ4v) is 4.72. The lowest BCUT2D eigenvalue weighted by molar-refractivity contribution is -0.361. The van der Waals surface area contributed by atoms with E-state index in [9.17, 15) is 9.59 Å². The summed E-state index contributed by atoms with van der Waals surface area (Å²) in [6.07, 6.45) is 4.94. The van der Waals surface area contributed by atoms with Crippen molar-refractivity contribution in [3.63, 3.8) is 0 Å². The summed E-state index contributed by atoms with van der Waals surface area (Å²) < 4.78 is 16.7. The standard InChI is InChI=1S/C26H29N3O5/c1-14-9-10-22(27-13-14)29-26(31)23-15(2)28-17-7-6-8-18(30)25(17)24(23)16-11-20(33-4)21(34-5)12-19(16)32-3/h7,9-13,24-25,28H,6,8H2,1-5H3,(H,27,29,31)/p+1. The number of anilines is 1. The molecule has 1 aromatic heterocycles. The zero-order valence-electron chi connectivity index (χ0n) is 20.1. The summed E-state index contributed by atoms with van der Waals surface area (Å²) in [6.45, 7) is 3.81. The third-order valence-corrected chi connectivity index (χ3v) is 6.35. The third-order valence-electron chi connectivity index (χ3n) is 6.35. The van der Waals surface area contributed by atoms with Crippen LogP contribution >= 0.6 is 0 Å². The van der Waals surface area contributed by atoms with Crippen molar-refractivity contribution in [1.29, 1.82) is 0 Å². The minimum absolute atomic E-state index is 0.0755. The van der Waals surface area contributed by atoms with Gasteiger partial charge in [0.2, 0.25) is 0 Å². The van der Waals surface area contributed by atoms with Crippen LogP contribution in [0, 0.1) is 12.8 Å². The number of methoxy groups -OCH3 is 3. The molecule has 2 atom stereocenters. The molecule has 1 aromatic carbocycles. The van der Waals surface area contributed by atoms with Crippen molar-refractivity contribution < 1.29 is 28.8 Å². The maximum absolute atomic E-state index is 13.6. The number of benzene rings is 1. The van der Waals surface area contributed by atoms with Crippen molar-refractivity contribution in [3.05, 3.63) is 64.6 Å². The molecule has 0 spiro atoms. The summed E-state index contributed by atoms with van der Waals surface area (Å²) in [4.78, 5) is 30.0. The number of aromatic nitrogens is 1. The van der Waals surface area contributed by atoms with Crippen LogP contribution < -0.4 is 29.8 Å². The zero-order chi connectivity index (χ0) is 24.4. The van der Waals surface area contributed by atoms with Gasteiger partial charge in [-0.2, -0.15) is 0 Å². The molecular weight excluding hydrogens is 434 g/mol. The van der Waals surface area contributed by atoms with Crippen molar-refractivity contribution in [2.24, 2.45) is 5.92 Å². The van der Waals surface area contributed by atoms with E-state index in [2.05, 4.69) is 15.6 Å². The summed E-state index contributed by atoms with van der Waals surface area (Å²) >= 11 is 0. The van der Waals surface area contributed by atoms with Gasteiger partial charge in [-0.1, -0.05) is 6.08 Å². The van der Waals surface area contributed by atoms with E-state index < -0.39 is 11.8 Å². The highest BCUT2D eigenvalue weighted by Crippen LogP contribution is 2.49. The third kappa shape index (κ3) is 4.23. The predicted octanol–water partition coefficient (Wildman–Crippen LogP) is 3.30. The van der Waals surface area contributed by atoms with Crippen LogP contribution in [0.25, 0.3) is 0 Å². The Morgan fingerprint density at radius 2 is 1.74 bits per heavy atom. The molecule has 2 unspecified atom stereocenters. The molecule has 2 aromatic rings. The van der Waals surface area contributed by atoms with Crippen LogP contribution in [-0.2, 0) is 9.59 Å². The molecule has 8 heteroatoms. The topological polar surface area (TPSA) is 100 Å². The molecular formula is C26H30N3O5+. The molecule has 8 nitrogen and oxygen atoms in total. The molecule has 1 aliphatic carbocycles. The van der Waals surface area contributed by atoms with Crippen molar-refractivity contribution >= 4 is 17.5 Å². The number of Topliss-reactive ketones (excluding diaryl/α,β-unsaturated/α-hetero) is 1. The van der Waals surface area contributed by atoms with Crippen LogP contribution in [0.1, 0.15) is 36.8 Å². The number of ether oxygens (including phenoxy) is 3. The van der Waals surface area contributed by atoms with Crippen molar-refractivity contribution in [2.45, 2.75) is 32.6 Å². The molecule has 34 heavy (non-hydrogen) atoms. The Balaban J connectivity index is 1.88. The summed E-state index contributed by atoms with van der Waals surface area (Å²) in [6, 6.07) is 7.24. The number of aromatic amines is 1. The first-order chi connectivity index (χ1) is 16.4. The van der Waals surface area contributed by atoms with Gasteiger partial charge in [0.05, 0.1) is 39.0 Å². The number of fused-ring (bicyclic) bond motifs is 1. The van der Waals surface area contributed by atoms with E-state index in [4.69, 9.17) is 14.2 Å². The van der Waals surface area contributed by atoms with Gasteiger partial charge in [0.1, 0.15) is 11.5 Å². The molecule has 3 N–H and O–H groups in total. The second kappa shape index (κ2) is 9.59. The number of rotatable bonds is 6. The number of aryl methyl sites for hydroxylation is 1. The molecule has 178 valence electrons. The minimum atomic E-state index is -0.569. The fourth-order valence-electron chi connectivity index (χ4n) is 4.72. The Hall–Kier alpha value is -3.81. The summed E-state index contributed by atoms with van der Waals surface area (Å²) in [7, 11) is 4.66. The van der Waals surface area contributed by atoms with E-state index in [1.807, 2.05) is 38.3 Å². The van der Waals surface area contributed by atoms with Crippen LogP contribution in [0.15, 0.2) is 53.5 Å². The van der Waals surface area contributed by atoms with Gasteiger partial charge in [-0.3, -0.25) is 4.79 Å². The van der Waals surface area contributed by atoms with Gasteiger partial charge in [-0.15, -0.1) is 0 Å². The van der Waals surface area contributed by atoms with Gasteiger partial charge in [0.15, 0.2) is 11.5 Å².